The highest BCUT2D eigenvalue weighted by atomic mass is 35.5. The van der Waals surface area contributed by atoms with Gasteiger partial charge in [-0.15, -0.1) is 0 Å². The summed E-state index contributed by atoms with van der Waals surface area (Å²) < 4.78 is 7.80. The van der Waals surface area contributed by atoms with E-state index in [2.05, 4.69) is 34.7 Å². The predicted molar refractivity (Wildman–Crippen MR) is 154 cm³/mol. The molecule has 11 heteroatoms. The highest BCUT2D eigenvalue weighted by Crippen LogP contribution is 2.32. The average Bonchev–Trinajstić information content (AvgIpc) is 3.43. The zero-order valence-electron chi connectivity index (χ0n) is 22.3. The van der Waals surface area contributed by atoms with Crippen LogP contribution in [0.5, 0.6) is 0 Å². The van der Waals surface area contributed by atoms with Crippen molar-refractivity contribution >= 4 is 53.9 Å². The van der Waals surface area contributed by atoms with Crippen LogP contribution in [0.25, 0.3) is 10.9 Å². The molecular weight excluding hydrogens is 532 g/mol. The van der Waals surface area contributed by atoms with Crippen molar-refractivity contribution in [3.63, 3.8) is 0 Å². The van der Waals surface area contributed by atoms with Crippen LogP contribution in [0.15, 0.2) is 60.9 Å². The molecule has 39 heavy (non-hydrogen) atoms. The van der Waals surface area contributed by atoms with Crippen molar-refractivity contribution in [1.82, 2.24) is 24.6 Å². The summed E-state index contributed by atoms with van der Waals surface area (Å²) in [6.45, 7) is 8.83. The van der Waals surface area contributed by atoms with E-state index in [9.17, 15) is 9.59 Å². The van der Waals surface area contributed by atoms with E-state index in [0.717, 1.165) is 22.6 Å². The van der Waals surface area contributed by atoms with Gasteiger partial charge in [-0.1, -0.05) is 37.8 Å². The lowest BCUT2D eigenvalue weighted by molar-refractivity contribution is 0.0653. The molecule has 0 radical (unpaired) electrons. The van der Waals surface area contributed by atoms with Crippen molar-refractivity contribution in [3.8, 4) is 0 Å². The minimum absolute atomic E-state index is 0.136. The molecule has 0 atom stereocenters. The quantitative estimate of drug-likeness (QED) is 0.101. The van der Waals surface area contributed by atoms with E-state index >= 15 is 0 Å². The monoisotopic (exact) mass is 562 g/mol. The first kappa shape index (κ1) is 27.0. The van der Waals surface area contributed by atoms with Gasteiger partial charge in [-0.25, -0.2) is 14.6 Å². The Hall–Kier alpha value is -3.60. The fourth-order valence-corrected chi connectivity index (χ4v) is 5.52. The third-order valence-electron chi connectivity index (χ3n) is 6.69. The first-order chi connectivity index (χ1) is 18.7. The maximum atomic E-state index is 12.8. The van der Waals surface area contributed by atoms with Crippen molar-refractivity contribution in [2.24, 2.45) is 0 Å². The largest absolute Gasteiger partial charge is 0.360 e. The van der Waals surface area contributed by atoms with Crippen LogP contribution in [0, 0.1) is 0 Å². The van der Waals surface area contributed by atoms with Crippen molar-refractivity contribution in [2.45, 2.75) is 38.8 Å². The lowest BCUT2D eigenvalue weighted by atomic mass is 10.1. The van der Waals surface area contributed by atoms with Crippen LogP contribution in [0.4, 0.5) is 11.5 Å². The average molecular weight is 563 g/mol. The Labute approximate surface area is 233 Å². The van der Waals surface area contributed by atoms with Gasteiger partial charge in [0.25, 0.3) is 11.8 Å². The van der Waals surface area contributed by atoms with Gasteiger partial charge in [0.15, 0.2) is 0 Å². The summed E-state index contributed by atoms with van der Waals surface area (Å²) >= 11 is 6.15. The van der Waals surface area contributed by atoms with Gasteiger partial charge < -0.3 is 9.64 Å². The number of carbonyl (C=O) groups is 2. The molecule has 0 aliphatic carbocycles. The summed E-state index contributed by atoms with van der Waals surface area (Å²) in [5.74, 6) is 0.0958. The molecule has 0 saturated carbocycles. The summed E-state index contributed by atoms with van der Waals surface area (Å²) in [7, 11) is -1.18. The van der Waals surface area contributed by atoms with Gasteiger partial charge in [-0.05, 0) is 54.4 Å². The first-order valence-electron chi connectivity index (χ1n) is 13.0. The summed E-state index contributed by atoms with van der Waals surface area (Å²) in [5, 5.41) is 5.66. The van der Waals surface area contributed by atoms with E-state index < -0.39 is 8.07 Å². The second-order valence-electron chi connectivity index (χ2n) is 10.7. The molecule has 4 aromatic rings. The normalized spacial score (nSPS) is 13.4. The van der Waals surface area contributed by atoms with Gasteiger partial charge >= 0.3 is 0 Å². The second kappa shape index (κ2) is 11.2. The minimum Gasteiger partial charge on any atom is -0.360 e. The van der Waals surface area contributed by atoms with Gasteiger partial charge in [0.2, 0.25) is 5.28 Å². The third kappa shape index (κ3) is 5.87. The Morgan fingerprint density at radius 2 is 1.74 bits per heavy atom. The second-order valence-corrected chi connectivity index (χ2v) is 16.7. The number of benzene rings is 2. The van der Waals surface area contributed by atoms with Gasteiger partial charge in [-0.2, -0.15) is 5.10 Å². The van der Waals surface area contributed by atoms with Gasteiger partial charge in [0, 0.05) is 39.4 Å². The molecule has 0 unspecified atom stereocenters. The molecule has 202 valence electrons. The Morgan fingerprint density at radius 3 is 2.44 bits per heavy atom. The van der Waals surface area contributed by atoms with Crippen LogP contribution in [-0.4, -0.2) is 64.2 Å². The summed E-state index contributed by atoms with van der Waals surface area (Å²) in [5.41, 5.74) is 2.72. The van der Waals surface area contributed by atoms with E-state index in [1.165, 1.54) is 4.90 Å². The number of anilines is 2. The molecule has 2 aromatic carbocycles. The van der Waals surface area contributed by atoms with Crippen LogP contribution < -0.4 is 4.90 Å². The summed E-state index contributed by atoms with van der Waals surface area (Å²) in [6, 6.07) is 15.8. The number of halogens is 1. The Morgan fingerprint density at radius 1 is 1.00 bits per heavy atom. The van der Waals surface area contributed by atoms with E-state index in [0.29, 0.717) is 43.2 Å². The van der Waals surface area contributed by atoms with Crippen molar-refractivity contribution in [2.75, 3.05) is 24.6 Å². The number of imide groups is 1. The molecule has 2 aromatic heterocycles. The molecule has 1 aliphatic heterocycles. The Kier molecular flexibility index (Phi) is 7.78. The zero-order valence-corrected chi connectivity index (χ0v) is 24.1. The highest BCUT2D eigenvalue weighted by Gasteiger charge is 2.34. The van der Waals surface area contributed by atoms with E-state index in [1.807, 2.05) is 34.0 Å². The molecule has 9 nitrogen and oxygen atoms in total. The number of fused-ring (bicyclic) bond motifs is 2. The summed E-state index contributed by atoms with van der Waals surface area (Å²) in [4.78, 5) is 37.5. The lowest BCUT2D eigenvalue weighted by Crippen LogP contribution is -2.33. The van der Waals surface area contributed by atoms with Gasteiger partial charge in [-0.3, -0.25) is 14.5 Å². The number of nitrogens with zero attached hydrogens (tertiary/aromatic N) is 6. The van der Waals surface area contributed by atoms with Crippen LogP contribution >= 0.6 is 11.6 Å². The fraction of sp³-hybridized carbons (Fsp3) is 0.321. The Balaban J connectivity index is 1.36. The standard InChI is InChI=1S/C28H31ClN6O3Si/c1-39(2,3)17-16-38-19-35-24-11-6-10-23(22(24)18-31-35)33(25-12-13-30-28(29)32-25)14-7-15-34-26(36)20-8-4-5-9-21(20)27(34)37/h4-6,8-13,18H,7,14-17,19H2,1-3H3. The van der Waals surface area contributed by atoms with E-state index in [1.54, 1.807) is 36.5 Å². The minimum atomic E-state index is -1.18. The fourth-order valence-electron chi connectivity index (χ4n) is 4.62. The number of rotatable bonds is 11. The molecule has 1 aliphatic rings. The van der Waals surface area contributed by atoms with Crippen LogP contribution in [0.3, 0.4) is 0 Å². The number of hydrogen-bond acceptors (Lipinski definition) is 7. The molecule has 5 rings (SSSR count). The molecule has 3 heterocycles. The topological polar surface area (TPSA) is 93.5 Å². The van der Waals surface area contributed by atoms with Crippen LogP contribution in [-0.2, 0) is 11.5 Å². The zero-order chi connectivity index (χ0) is 27.6. The number of ether oxygens (including phenoxy) is 1. The molecule has 0 bridgehead atoms. The SMILES string of the molecule is C[Si](C)(C)CCOCn1ncc2c(N(CCCN3C(=O)c4ccccc4C3=O)c3ccnc(Cl)n3)cccc21. The summed E-state index contributed by atoms with van der Waals surface area (Å²) in [6.07, 6.45) is 3.96. The lowest BCUT2D eigenvalue weighted by Gasteiger charge is -2.25. The maximum absolute atomic E-state index is 12.8. The number of amides is 2. The molecular formula is C28H31ClN6O3Si. The molecule has 0 fully saturated rings. The van der Waals surface area contributed by atoms with Crippen LogP contribution in [0.2, 0.25) is 31.0 Å². The van der Waals surface area contributed by atoms with Crippen molar-refractivity contribution in [3.05, 3.63) is 77.3 Å². The number of hydrogen-bond donors (Lipinski definition) is 0. The Bertz CT molecular complexity index is 1480. The molecule has 0 saturated heterocycles. The molecule has 0 N–H and O–H groups in total. The number of aromatic nitrogens is 4. The van der Waals surface area contributed by atoms with Gasteiger partial charge in [0.05, 0.1) is 28.5 Å². The van der Waals surface area contributed by atoms with Crippen molar-refractivity contribution in [1.29, 1.82) is 0 Å². The van der Waals surface area contributed by atoms with E-state index in [4.69, 9.17) is 16.3 Å². The highest BCUT2D eigenvalue weighted by molar-refractivity contribution is 6.76. The smallest absolute Gasteiger partial charge is 0.261 e. The van der Waals surface area contributed by atoms with Gasteiger partial charge in [0.1, 0.15) is 12.5 Å². The molecule has 2 amide bonds. The third-order valence-corrected chi connectivity index (χ3v) is 8.58. The van der Waals surface area contributed by atoms with E-state index in [-0.39, 0.29) is 23.6 Å². The van der Waals surface area contributed by atoms with Crippen LogP contribution in [0.1, 0.15) is 27.1 Å². The number of carbonyl (C=O) groups excluding carboxylic acids is 2. The first-order valence-corrected chi connectivity index (χ1v) is 17.0. The van der Waals surface area contributed by atoms with Crippen molar-refractivity contribution < 1.29 is 14.3 Å². The maximum Gasteiger partial charge on any atom is 0.261 e. The predicted octanol–water partition coefficient (Wildman–Crippen LogP) is 5.62. The molecule has 0 spiro atoms.